The van der Waals surface area contributed by atoms with Crippen molar-refractivity contribution in [2.24, 2.45) is 10.7 Å². The first kappa shape index (κ1) is 17.3. The SMILES string of the molecule is CN=C/C=C(\N)C#Cc1c[nH]c(=O)c(N2CCOC3(COC3)C2C)c1. The number of ether oxygens (including phenoxy) is 2. The van der Waals surface area contributed by atoms with E-state index in [1.807, 2.05) is 0 Å². The molecule has 2 saturated heterocycles. The molecule has 3 N–H and O–H groups in total. The highest BCUT2D eigenvalue weighted by atomic mass is 16.6. The van der Waals surface area contributed by atoms with E-state index in [1.54, 1.807) is 31.6 Å². The molecule has 7 heteroatoms. The number of nitrogens with one attached hydrogen (secondary N) is 1. The number of nitrogens with zero attached hydrogens (tertiary/aromatic N) is 2. The maximum absolute atomic E-state index is 12.3. The van der Waals surface area contributed by atoms with Crippen LogP contribution in [0.3, 0.4) is 0 Å². The number of aliphatic imine (C=N–C) groups is 1. The number of aromatic nitrogens is 1. The largest absolute Gasteiger partial charge is 0.392 e. The number of hydrogen-bond acceptors (Lipinski definition) is 6. The summed E-state index contributed by atoms with van der Waals surface area (Å²) in [5.74, 6) is 5.81. The van der Waals surface area contributed by atoms with E-state index in [-0.39, 0.29) is 17.2 Å². The monoisotopic (exact) mass is 342 g/mol. The predicted molar refractivity (Wildman–Crippen MR) is 96.9 cm³/mol. The molecule has 1 unspecified atom stereocenters. The molecular formula is C18H22N4O3. The van der Waals surface area contributed by atoms with E-state index < -0.39 is 0 Å². The number of aromatic amines is 1. The second kappa shape index (κ2) is 7.13. The van der Waals surface area contributed by atoms with Gasteiger partial charge in [0.2, 0.25) is 0 Å². The molecule has 2 aliphatic heterocycles. The van der Waals surface area contributed by atoms with Crippen LogP contribution in [0.5, 0.6) is 0 Å². The minimum Gasteiger partial charge on any atom is -0.392 e. The Morgan fingerprint density at radius 3 is 3.04 bits per heavy atom. The van der Waals surface area contributed by atoms with E-state index in [1.165, 1.54) is 0 Å². The minimum absolute atomic E-state index is 0.0463. The Bertz CT molecular complexity index is 812. The molecule has 0 aromatic carbocycles. The molecule has 2 fully saturated rings. The van der Waals surface area contributed by atoms with Crippen LogP contribution in [0.15, 0.2) is 33.8 Å². The predicted octanol–water partition coefficient (Wildman–Crippen LogP) is 0.264. The summed E-state index contributed by atoms with van der Waals surface area (Å²) in [6, 6.07) is 1.84. The topological polar surface area (TPSA) is 92.9 Å². The first-order valence-electron chi connectivity index (χ1n) is 8.17. The third-order valence-corrected chi connectivity index (χ3v) is 4.59. The fourth-order valence-corrected chi connectivity index (χ4v) is 3.00. The molecule has 0 aliphatic carbocycles. The molecule has 1 aromatic heterocycles. The summed E-state index contributed by atoms with van der Waals surface area (Å²) in [5, 5.41) is 0. The smallest absolute Gasteiger partial charge is 0.271 e. The zero-order valence-corrected chi connectivity index (χ0v) is 14.4. The van der Waals surface area contributed by atoms with E-state index in [0.717, 1.165) is 0 Å². The van der Waals surface area contributed by atoms with Gasteiger partial charge in [0.25, 0.3) is 5.56 Å². The van der Waals surface area contributed by atoms with Gasteiger partial charge < -0.3 is 25.1 Å². The van der Waals surface area contributed by atoms with Crippen LogP contribution < -0.4 is 16.2 Å². The molecule has 7 nitrogen and oxygen atoms in total. The lowest BCUT2D eigenvalue weighted by molar-refractivity contribution is -0.228. The van der Waals surface area contributed by atoms with Gasteiger partial charge in [0, 0.05) is 31.6 Å². The highest BCUT2D eigenvalue weighted by Gasteiger charge is 2.50. The number of hydrogen-bond donors (Lipinski definition) is 2. The van der Waals surface area contributed by atoms with Crippen molar-refractivity contribution >= 4 is 11.9 Å². The highest BCUT2D eigenvalue weighted by Crippen LogP contribution is 2.34. The number of nitrogens with two attached hydrogens (primary N) is 1. The van der Waals surface area contributed by atoms with Crippen molar-refractivity contribution in [2.75, 3.05) is 38.3 Å². The number of pyridine rings is 1. The quantitative estimate of drug-likeness (QED) is 0.594. The Morgan fingerprint density at radius 2 is 2.36 bits per heavy atom. The van der Waals surface area contributed by atoms with Crippen molar-refractivity contribution in [1.29, 1.82) is 0 Å². The molecule has 25 heavy (non-hydrogen) atoms. The van der Waals surface area contributed by atoms with Gasteiger partial charge in [-0.15, -0.1) is 0 Å². The lowest BCUT2D eigenvalue weighted by Crippen LogP contribution is -2.68. The molecule has 1 aromatic rings. The molecule has 1 atom stereocenters. The van der Waals surface area contributed by atoms with E-state index in [9.17, 15) is 4.79 Å². The van der Waals surface area contributed by atoms with Crippen LogP contribution in [-0.4, -0.2) is 56.3 Å². The summed E-state index contributed by atoms with van der Waals surface area (Å²) in [7, 11) is 1.66. The fraction of sp³-hybridized carbons (Fsp3) is 0.444. The number of anilines is 1. The highest BCUT2D eigenvalue weighted by molar-refractivity contribution is 5.73. The van der Waals surface area contributed by atoms with Crippen LogP contribution in [0, 0.1) is 11.8 Å². The molecule has 3 heterocycles. The Morgan fingerprint density at radius 1 is 1.56 bits per heavy atom. The number of morpholine rings is 1. The van der Waals surface area contributed by atoms with Gasteiger partial charge in [-0.1, -0.05) is 5.92 Å². The second-order valence-electron chi connectivity index (χ2n) is 6.16. The zero-order chi connectivity index (χ0) is 17.9. The van der Waals surface area contributed by atoms with Gasteiger partial charge in [-0.2, -0.15) is 0 Å². The molecular weight excluding hydrogens is 320 g/mol. The van der Waals surface area contributed by atoms with E-state index in [4.69, 9.17) is 15.2 Å². The van der Waals surface area contributed by atoms with Crippen molar-refractivity contribution in [1.82, 2.24) is 4.98 Å². The second-order valence-corrected chi connectivity index (χ2v) is 6.16. The van der Waals surface area contributed by atoms with E-state index in [2.05, 4.69) is 33.6 Å². The fourth-order valence-electron chi connectivity index (χ4n) is 3.00. The summed E-state index contributed by atoms with van der Waals surface area (Å²) in [4.78, 5) is 21.0. The van der Waals surface area contributed by atoms with Gasteiger partial charge in [0.1, 0.15) is 11.3 Å². The van der Waals surface area contributed by atoms with Crippen LogP contribution in [0.25, 0.3) is 0 Å². The van der Waals surface area contributed by atoms with Gasteiger partial charge in [0.05, 0.1) is 31.6 Å². The van der Waals surface area contributed by atoms with E-state index >= 15 is 0 Å². The Labute approximate surface area is 146 Å². The molecule has 1 spiro atoms. The standard InChI is InChI=1S/C18H22N4O3/c1-13-18(11-24-12-18)25-8-7-22(13)16-9-14(10-21-17(16)23)3-4-15(19)5-6-20-2/h5-6,9-10,13H,7-8,11-12,19H2,1-2H3,(H,21,23)/b15-5-,20-6?. The Kier molecular flexibility index (Phi) is 4.93. The molecule has 0 bridgehead atoms. The van der Waals surface area contributed by atoms with Crippen LogP contribution in [0.2, 0.25) is 0 Å². The van der Waals surface area contributed by atoms with Gasteiger partial charge in [-0.25, -0.2) is 0 Å². The van der Waals surface area contributed by atoms with Crippen LogP contribution >= 0.6 is 0 Å². The average molecular weight is 342 g/mol. The van der Waals surface area contributed by atoms with Gasteiger partial charge in [-0.05, 0) is 25.0 Å². The van der Waals surface area contributed by atoms with Crippen molar-refractivity contribution in [3.05, 3.63) is 40.0 Å². The summed E-state index contributed by atoms with van der Waals surface area (Å²) in [6.45, 7) is 4.39. The third-order valence-electron chi connectivity index (χ3n) is 4.59. The Balaban J connectivity index is 1.87. The van der Waals surface area contributed by atoms with Crippen molar-refractivity contribution in [2.45, 2.75) is 18.6 Å². The maximum atomic E-state index is 12.3. The molecule has 0 radical (unpaired) electrons. The van der Waals surface area contributed by atoms with E-state index in [0.29, 0.717) is 43.3 Å². The van der Waals surface area contributed by atoms with Crippen LogP contribution in [-0.2, 0) is 9.47 Å². The van der Waals surface area contributed by atoms with Crippen molar-refractivity contribution in [3.8, 4) is 11.8 Å². The molecule has 0 saturated carbocycles. The number of allylic oxidation sites excluding steroid dienone is 2. The minimum atomic E-state index is -0.320. The van der Waals surface area contributed by atoms with Gasteiger partial charge >= 0.3 is 0 Å². The number of H-pyrrole nitrogens is 1. The third kappa shape index (κ3) is 3.45. The van der Waals surface area contributed by atoms with Crippen LogP contribution in [0.4, 0.5) is 5.69 Å². The lowest BCUT2D eigenvalue weighted by atomic mass is 9.90. The number of rotatable bonds is 2. The summed E-state index contributed by atoms with van der Waals surface area (Å²) in [6.07, 6.45) is 4.80. The van der Waals surface area contributed by atoms with Gasteiger partial charge in [0.15, 0.2) is 0 Å². The lowest BCUT2D eigenvalue weighted by Gasteiger charge is -2.53. The van der Waals surface area contributed by atoms with Crippen molar-refractivity contribution in [3.63, 3.8) is 0 Å². The summed E-state index contributed by atoms with van der Waals surface area (Å²) < 4.78 is 11.2. The first-order valence-corrected chi connectivity index (χ1v) is 8.17. The van der Waals surface area contributed by atoms with Crippen molar-refractivity contribution < 1.29 is 9.47 Å². The van der Waals surface area contributed by atoms with Gasteiger partial charge in [-0.3, -0.25) is 9.79 Å². The first-order chi connectivity index (χ1) is 12.1. The molecule has 2 aliphatic rings. The Hall–Kier alpha value is -2.56. The molecule has 0 amide bonds. The normalized spacial score (nSPS) is 22.6. The molecule has 3 rings (SSSR count). The maximum Gasteiger partial charge on any atom is 0.271 e. The summed E-state index contributed by atoms with van der Waals surface area (Å²) >= 11 is 0. The average Bonchev–Trinajstić information content (AvgIpc) is 2.58. The zero-order valence-electron chi connectivity index (χ0n) is 14.4. The molecule has 132 valence electrons. The summed E-state index contributed by atoms with van der Waals surface area (Å²) in [5.41, 5.74) is 7.01. The van der Waals surface area contributed by atoms with Crippen LogP contribution in [0.1, 0.15) is 12.5 Å².